The van der Waals surface area contributed by atoms with Crippen molar-refractivity contribution < 1.29 is 40.6 Å². The summed E-state index contributed by atoms with van der Waals surface area (Å²) in [5, 5.41) is 0.647. The van der Waals surface area contributed by atoms with E-state index < -0.39 is 35.6 Å². The number of amides is 1. The van der Waals surface area contributed by atoms with Crippen molar-refractivity contribution in [2.45, 2.75) is 45.3 Å². The molecule has 2 aliphatic heterocycles. The number of piperazine rings is 1. The number of methoxy groups -OCH3 is 1. The molecule has 0 radical (unpaired) electrons. The van der Waals surface area contributed by atoms with Gasteiger partial charge in [-0.2, -0.15) is 31.3 Å². The molecule has 1 saturated heterocycles. The molecule has 222 valence electrons. The van der Waals surface area contributed by atoms with Gasteiger partial charge in [0, 0.05) is 37.8 Å². The fourth-order valence-electron chi connectivity index (χ4n) is 4.49. The topological polar surface area (TPSA) is 54.4 Å². The molecule has 6 nitrogen and oxygen atoms in total. The van der Waals surface area contributed by atoms with Gasteiger partial charge in [0.25, 0.3) is 5.91 Å². The number of hydrogen-bond acceptors (Lipinski definition) is 6. The number of benzene rings is 2. The van der Waals surface area contributed by atoms with Gasteiger partial charge in [-0.05, 0) is 61.0 Å². The Morgan fingerprint density at radius 1 is 1.00 bits per heavy atom. The van der Waals surface area contributed by atoms with Crippen molar-refractivity contribution in [2.75, 3.05) is 33.3 Å². The van der Waals surface area contributed by atoms with E-state index in [1.165, 1.54) is 24.9 Å². The largest absolute Gasteiger partial charge is 0.493 e. The van der Waals surface area contributed by atoms with Crippen molar-refractivity contribution in [2.24, 2.45) is 4.99 Å². The van der Waals surface area contributed by atoms with Crippen LogP contribution in [-0.4, -0.2) is 60.2 Å². The average Bonchev–Trinajstić information content (AvgIpc) is 3.30. The number of rotatable bonds is 7. The molecule has 2 aromatic rings. The van der Waals surface area contributed by atoms with E-state index in [0.717, 1.165) is 38.7 Å². The number of alkyl halides is 6. The van der Waals surface area contributed by atoms with Gasteiger partial charge in [-0.3, -0.25) is 9.69 Å². The maximum atomic E-state index is 13.5. The van der Waals surface area contributed by atoms with Gasteiger partial charge in [-0.15, -0.1) is 0 Å². The number of halogens is 6. The van der Waals surface area contributed by atoms with Crippen LogP contribution in [0, 0.1) is 0 Å². The first kappa shape index (κ1) is 30.8. The minimum atomic E-state index is -5.01. The van der Waals surface area contributed by atoms with E-state index in [-0.39, 0.29) is 23.5 Å². The van der Waals surface area contributed by atoms with Gasteiger partial charge in [0.15, 0.2) is 16.7 Å². The third-order valence-corrected chi connectivity index (χ3v) is 8.06. The van der Waals surface area contributed by atoms with Crippen LogP contribution in [0.2, 0.25) is 0 Å². The Kier molecular flexibility index (Phi) is 9.27. The first-order valence-electron chi connectivity index (χ1n) is 12.9. The van der Waals surface area contributed by atoms with Crippen LogP contribution in [0.1, 0.15) is 42.5 Å². The minimum absolute atomic E-state index is 0.0728. The molecule has 4 rings (SSSR count). The zero-order valence-corrected chi connectivity index (χ0v) is 23.4. The monoisotopic (exact) mass is 601 g/mol. The summed E-state index contributed by atoms with van der Waals surface area (Å²) >= 11 is 1.28. The van der Waals surface area contributed by atoms with Crippen LogP contribution in [0.5, 0.6) is 11.5 Å². The molecular formula is C28H29F6N3O3S. The van der Waals surface area contributed by atoms with Crippen molar-refractivity contribution in [3.8, 4) is 11.5 Å². The third kappa shape index (κ3) is 7.37. The highest BCUT2D eigenvalue weighted by molar-refractivity contribution is 8.18. The number of aliphatic imine (C=N–C) groups is 1. The Morgan fingerprint density at radius 3 is 2.32 bits per heavy atom. The van der Waals surface area contributed by atoms with Gasteiger partial charge in [0.05, 0.1) is 23.1 Å². The van der Waals surface area contributed by atoms with E-state index in [1.807, 2.05) is 0 Å². The van der Waals surface area contributed by atoms with E-state index in [9.17, 15) is 31.1 Å². The van der Waals surface area contributed by atoms with Crippen molar-refractivity contribution in [3.05, 3.63) is 63.6 Å². The maximum Gasteiger partial charge on any atom is 0.416 e. The third-order valence-electron chi connectivity index (χ3n) is 7.02. The van der Waals surface area contributed by atoms with Gasteiger partial charge < -0.3 is 14.4 Å². The molecule has 2 aliphatic rings. The molecule has 13 heteroatoms. The van der Waals surface area contributed by atoms with Crippen molar-refractivity contribution in [1.29, 1.82) is 0 Å². The molecule has 0 bridgehead atoms. The summed E-state index contributed by atoms with van der Waals surface area (Å²) in [6.45, 7) is 7.02. The highest BCUT2D eigenvalue weighted by Crippen LogP contribution is 2.39. The fourth-order valence-corrected chi connectivity index (χ4v) is 5.45. The predicted octanol–water partition coefficient (Wildman–Crippen LogP) is 6.70. The van der Waals surface area contributed by atoms with Crippen molar-refractivity contribution >= 4 is 28.9 Å². The molecule has 0 N–H and O–H groups in total. The van der Waals surface area contributed by atoms with Gasteiger partial charge in [-0.1, -0.05) is 19.1 Å². The van der Waals surface area contributed by atoms with Crippen LogP contribution in [0.4, 0.5) is 26.3 Å². The smallest absolute Gasteiger partial charge is 0.416 e. The van der Waals surface area contributed by atoms with E-state index in [0.29, 0.717) is 27.7 Å². The lowest BCUT2D eigenvalue weighted by atomic mass is 10.0. The van der Waals surface area contributed by atoms with Gasteiger partial charge >= 0.3 is 12.4 Å². The lowest BCUT2D eigenvalue weighted by Gasteiger charge is -2.38. The molecule has 1 atom stereocenters. The molecule has 0 spiro atoms. The SMILES string of the molecule is CCC(C)N1CCN(C2=NC(=O)/C(=C/c3ccc(OCc4ccc(C(F)(F)F)cc4C(F)(F)F)c(OC)c3)S2)CC1. The Hall–Kier alpha value is -3.19. The second-order valence-electron chi connectivity index (χ2n) is 9.66. The first-order chi connectivity index (χ1) is 19.3. The van der Waals surface area contributed by atoms with E-state index in [4.69, 9.17) is 9.47 Å². The van der Waals surface area contributed by atoms with E-state index >= 15 is 0 Å². The van der Waals surface area contributed by atoms with Crippen LogP contribution in [-0.2, 0) is 23.8 Å². The zero-order chi connectivity index (χ0) is 29.9. The number of amidine groups is 1. The number of hydrogen-bond donors (Lipinski definition) is 0. The van der Waals surface area contributed by atoms with Crippen LogP contribution in [0.3, 0.4) is 0 Å². The number of carbonyl (C=O) groups excluding carboxylic acids is 1. The summed E-state index contributed by atoms with van der Waals surface area (Å²) in [4.78, 5) is 21.7. The molecule has 1 fully saturated rings. The molecular weight excluding hydrogens is 572 g/mol. The molecule has 41 heavy (non-hydrogen) atoms. The lowest BCUT2D eigenvalue weighted by molar-refractivity contribution is -0.143. The highest BCUT2D eigenvalue weighted by atomic mass is 32.2. The molecule has 0 saturated carbocycles. The van der Waals surface area contributed by atoms with E-state index in [1.54, 1.807) is 18.2 Å². The summed E-state index contributed by atoms with van der Waals surface area (Å²) in [5.74, 6) is -0.0996. The summed E-state index contributed by atoms with van der Waals surface area (Å²) in [7, 11) is 1.34. The van der Waals surface area contributed by atoms with Crippen LogP contribution >= 0.6 is 11.8 Å². The summed E-state index contributed by atoms with van der Waals surface area (Å²) in [5.41, 5.74) is -2.71. The minimum Gasteiger partial charge on any atom is -0.493 e. The normalized spacial score (nSPS) is 18.6. The Morgan fingerprint density at radius 2 is 1.71 bits per heavy atom. The molecule has 1 amide bonds. The second-order valence-corrected chi connectivity index (χ2v) is 10.7. The average molecular weight is 602 g/mol. The molecule has 0 aliphatic carbocycles. The molecule has 1 unspecified atom stereocenters. The Bertz CT molecular complexity index is 1330. The standard InChI is InChI=1S/C28H29F6N3O3S/c1-4-17(2)36-9-11-37(12-10-36)26-35-25(38)24(41-26)14-18-5-8-22(23(13-18)39-3)40-16-19-6-7-20(27(29,30)31)15-21(19)28(32,33)34/h5-8,13-15,17H,4,9-12,16H2,1-3H3/b24-14-. The first-order valence-corrected chi connectivity index (χ1v) is 13.7. The molecule has 2 heterocycles. The molecule has 0 aromatic heterocycles. The van der Waals surface area contributed by atoms with Gasteiger partial charge in [0.2, 0.25) is 0 Å². The van der Waals surface area contributed by atoms with E-state index in [2.05, 4.69) is 28.6 Å². The Labute approximate surface area is 238 Å². The molecule has 2 aromatic carbocycles. The van der Waals surface area contributed by atoms with Crippen molar-refractivity contribution in [1.82, 2.24) is 9.80 Å². The number of thioether (sulfide) groups is 1. The van der Waals surface area contributed by atoms with Crippen LogP contribution < -0.4 is 9.47 Å². The van der Waals surface area contributed by atoms with Gasteiger partial charge in [0.1, 0.15) is 6.61 Å². The van der Waals surface area contributed by atoms with Crippen LogP contribution in [0.25, 0.3) is 6.08 Å². The summed E-state index contributed by atoms with van der Waals surface area (Å²) < 4.78 is 90.2. The zero-order valence-electron chi connectivity index (χ0n) is 22.6. The van der Waals surface area contributed by atoms with Crippen LogP contribution in [0.15, 0.2) is 46.3 Å². The quantitative estimate of drug-likeness (QED) is 0.260. The number of ether oxygens (including phenoxy) is 2. The predicted molar refractivity (Wildman–Crippen MR) is 145 cm³/mol. The Balaban J connectivity index is 1.45. The van der Waals surface area contributed by atoms with Gasteiger partial charge in [-0.25, -0.2) is 0 Å². The summed E-state index contributed by atoms with van der Waals surface area (Å²) in [6.07, 6.45) is -7.21. The highest BCUT2D eigenvalue weighted by Gasteiger charge is 2.38. The summed E-state index contributed by atoms with van der Waals surface area (Å²) in [6, 6.07) is 6.51. The lowest BCUT2D eigenvalue weighted by Crippen LogP contribution is -2.50. The second kappa shape index (κ2) is 12.4. The fraction of sp³-hybridized carbons (Fsp3) is 0.429. The van der Waals surface area contributed by atoms with Crippen molar-refractivity contribution in [3.63, 3.8) is 0 Å². The number of carbonyl (C=O) groups is 1. The number of nitrogens with zero attached hydrogens (tertiary/aromatic N) is 3. The maximum absolute atomic E-state index is 13.5.